The molecule has 4 rings (SSSR count). The molecule has 28 heavy (non-hydrogen) atoms. The Morgan fingerprint density at radius 1 is 1.00 bits per heavy atom. The Morgan fingerprint density at radius 2 is 1.82 bits per heavy atom. The van der Waals surface area contributed by atoms with Crippen LogP contribution in [0.25, 0.3) is 10.8 Å². The van der Waals surface area contributed by atoms with Gasteiger partial charge in [-0.3, -0.25) is 0 Å². The van der Waals surface area contributed by atoms with Gasteiger partial charge in [-0.2, -0.15) is 5.26 Å². The topological polar surface area (TPSA) is 23.8 Å². The van der Waals surface area contributed by atoms with Crippen LogP contribution in [0.1, 0.15) is 88.2 Å². The summed E-state index contributed by atoms with van der Waals surface area (Å²) < 4.78 is 14.7. The highest BCUT2D eigenvalue weighted by molar-refractivity contribution is 5.85. The second kappa shape index (κ2) is 8.64. The Kier molecular flexibility index (Phi) is 6.00. The fourth-order valence-corrected chi connectivity index (χ4v) is 5.87. The maximum Gasteiger partial charge on any atom is 0.131 e. The molecule has 0 heterocycles. The van der Waals surface area contributed by atoms with Crippen LogP contribution in [0.4, 0.5) is 4.39 Å². The number of hydrogen-bond donors (Lipinski definition) is 0. The van der Waals surface area contributed by atoms with Crippen LogP contribution >= 0.6 is 0 Å². The van der Waals surface area contributed by atoms with Crippen LogP contribution in [0.15, 0.2) is 30.3 Å². The zero-order chi connectivity index (χ0) is 19.5. The van der Waals surface area contributed by atoms with Crippen molar-refractivity contribution in [1.29, 1.82) is 5.26 Å². The van der Waals surface area contributed by atoms with Crippen LogP contribution in [0.2, 0.25) is 0 Å². The number of fused-ring (bicyclic) bond motifs is 2. The van der Waals surface area contributed by atoms with Gasteiger partial charge in [0.25, 0.3) is 0 Å². The Hall–Kier alpha value is -1.88. The Morgan fingerprint density at radius 3 is 2.64 bits per heavy atom. The Bertz CT molecular complexity index is 865. The quantitative estimate of drug-likeness (QED) is 0.489. The summed E-state index contributed by atoms with van der Waals surface area (Å²) in [5.41, 5.74) is 1.69. The molecule has 0 bridgehead atoms. The number of rotatable bonds is 5. The van der Waals surface area contributed by atoms with Crippen molar-refractivity contribution < 1.29 is 4.39 Å². The summed E-state index contributed by atoms with van der Waals surface area (Å²) in [4.78, 5) is 0. The highest BCUT2D eigenvalue weighted by atomic mass is 19.1. The van der Waals surface area contributed by atoms with Gasteiger partial charge >= 0.3 is 0 Å². The molecule has 0 radical (unpaired) electrons. The average molecular weight is 378 g/mol. The van der Waals surface area contributed by atoms with Gasteiger partial charge < -0.3 is 0 Å². The number of halogens is 1. The lowest BCUT2D eigenvalue weighted by Gasteiger charge is -2.42. The minimum atomic E-state index is -0.175. The molecular weight excluding hydrogens is 345 g/mol. The van der Waals surface area contributed by atoms with Crippen LogP contribution in [-0.2, 0) is 0 Å². The number of nitriles is 1. The van der Waals surface area contributed by atoms with E-state index >= 15 is 0 Å². The molecule has 4 unspecified atom stereocenters. The fourth-order valence-electron chi connectivity index (χ4n) is 5.87. The van der Waals surface area contributed by atoms with Crippen molar-refractivity contribution in [2.45, 2.75) is 77.0 Å². The Labute approximate surface area is 168 Å². The van der Waals surface area contributed by atoms with Gasteiger partial charge in [0.1, 0.15) is 5.82 Å². The first kappa shape index (κ1) is 19.4. The largest absolute Gasteiger partial charge is 0.206 e. The molecule has 2 fully saturated rings. The van der Waals surface area contributed by atoms with Gasteiger partial charge in [-0.1, -0.05) is 51.2 Å². The summed E-state index contributed by atoms with van der Waals surface area (Å²) in [6.07, 6.45) is 13.5. The first-order valence-electron chi connectivity index (χ1n) is 11.3. The van der Waals surface area contributed by atoms with E-state index in [2.05, 4.69) is 19.1 Å². The molecule has 2 heteroatoms. The second-order valence-electron chi connectivity index (χ2n) is 9.26. The molecule has 148 valence electrons. The third-order valence-corrected chi connectivity index (χ3v) is 7.46. The number of unbranched alkanes of at least 4 members (excludes halogenated alkanes) is 2. The molecule has 0 saturated heterocycles. The van der Waals surface area contributed by atoms with Crippen LogP contribution in [0, 0.1) is 34.9 Å². The van der Waals surface area contributed by atoms with Crippen molar-refractivity contribution in [1.82, 2.24) is 0 Å². The highest BCUT2D eigenvalue weighted by Gasteiger charge is 2.35. The lowest BCUT2D eigenvalue weighted by atomic mass is 9.63. The van der Waals surface area contributed by atoms with Gasteiger partial charge in [0, 0.05) is 5.39 Å². The van der Waals surface area contributed by atoms with E-state index in [0.717, 1.165) is 23.1 Å². The maximum atomic E-state index is 14.7. The van der Waals surface area contributed by atoms with Crippen molar-refractivity contribution in [3.05, 3.63) is 47.3 Å². The lowest BCUT2D eigenvalue weighted by Crippen LogP contribution is -2.30. The second-order valence-corrected chi connectivity index (χ2v) is 9.26. The minimum Gasteiger partial charge on any atom is -0.206 e. The standard InChI is InChI=1S/C26H32FN/c1-2-3-4-5-18-6-8-21-14-22(11-10-20(21)12-18)24-15-23-9-7-19(17-28)13-25(23)26(27)16-24/h7,9,13,15-16,18,20-22H,2-6,8,10-12,14H2,1H3. The van der Waals surface area contributed by atoms with E-state index < -0.39 is 0 Å². The first-order chi connectivity index (χ1) is 13.7. The van der Waals surface area contributed by atoms with Gasteiger partial charge in [0.05, 0.1) is 11.6 Å². The molecular formula is C26H32FN. The smallest absolute Gasteiger partial charge is 0.131 e. The third-order valence-electron chi connectivity index (χ3n) is 7.46. The van der Waals surface area contributed by atoms with Crippen LogP contribution in [-0.4, -0.2) is 0 Å². The van der Waals surface area contributed by atoms with Gasteiger partial charge in [-0.25, -0.2) is 4.39 Å². The maximum absolute atomic E-state index is 14.7. The van der Waals surface area contributed by atoms with Crippen molar-refractivity contribution in [3.8, 4) is 6.07 Å². The molecule has 0 spiro atoms. The van der Waals surface area contributed by atoms with Crippen LogP contribution in [0.5, 0.6) is 0 Å². The van der Waals surface area contributed by atoms with E-state index in [1.165, 1.54) is 69.8 Å². The molecule has 0 amide bonds. The molecule has 2 aliphatic rings. The SMILES string of the molecule is CCCCCC1CCC2CC(c3cc(F)c4cc(C#N)ccc4c3)CCC2C1. The van der Waals surface area contributed by atoms with Crippen molar-refractivity contribution in [3.63, 3.8) is 0 Å². The van der Waals surface area contributed by atoms with Crippen molar-refractivity contribution >= 4 is 10.8 Å². The lowest BCUT2D eigenvalue weighted by molar-refractivity contribution is 0.113. The Balaban J connectivity index is 1.44. The molecule has 2 saturated carbocycles. The molecule has 2 aromatic carbocycles. The van der Waals surface area contributed by atoms with Gasteiger partial charge in [0.15, 0.2) is 0 Å². The molecule has 2 aliphatic carbocycles. The predicted molar refractivity (Wildman–Crippen MR) is 114 cm³/mol. The fraction of sp³-hybridized carbons (Fsp3) is 0.577. The monoisotopic (exact) mass is 377 g/mol. The number of nitrogens with zero attached hydrogens (tertiary/aromatic N) is 1. The zero-order valence-electron chi connectivity index (χ0n) is 17.1. The summed E-state index contributed by atoms with van der Waals surface area (Å²) in [6, 6.07) is 11.4. The van der Waals surface area contributed by atoms with Gasteiger partial charge in [-0.05, 0) is 84.9 Å². The summed E-state index contributed by atoms with van der Waals surface area (Å²) in [5, 5.41) is 10.6. The number of hydrogen-bond acceptors (Lipinski definition) is 1. The molecule has 0 N–H and O–H groups in total. The average Bonchev–Trinajstić information content (AvgIpc) is 2.73. The van der Waals surface area contributed by atoms with E-state index in [4.69, 9.17) is 5.26 Å². The highest BCUT2D eigenvalue weighted by Crippen LogP contribution is 2.48. The van der Waals surface area contributed by atoms with E-state index in [1.807, 2.05) is 6.07 Å². The zero-order valence-corrected chi connectivity index (χ0v) is 17.1. The van der Waals surface area contributed by atoms with E-state index in [-0.39, 0.29) is 5.82 Å². The van der Waals surface area contributed by atoms with Crippen LogP contribution in [0.3, 0.4) is 0 Å². The molecule has 0 aliphatic heterocycles. The van der Waals surface area contributed by atoms with Crippen molar-refractivity contribution in [2.24, 2.45) is 17.8 Å². The van der Waals surface area contributed by atoms with Crippen LogP contribution < -0.4 is 0 Å². The summed E-state index contributed by atoms with van der Waals surface area (Å²) in [7, 11) is 0. The molecule has 4 atom stereocenters. The summed E-state index contributed by atoms with van der Waals surface area (Å²) >= 11 is 0. The van der Waals surface area contributed by atoms with E-state index in [0.29, 0.717) is 16.9 Å². The van der Waals surface area contributed by atoms with Crippen molar-refractivity contribution in [2.75, 3.05) is 0 Å². The molecule has 1 nitrogen and oxygen atoms in total. The normalized spacial score (nSPS) is 27.3. The summed E-state index contributed by atoms with van der Waals surface area (Å²) in [5.74, 6) is 3.01. The number of benzene rings is 2. The first-order valence-corrected chi connectivity index (χ1v) is 11.3. The van der Waals surface area contributed by atoms with E-state index in [9.17, 15) is 4.39 Å². The van der Waals surface area contributed by atoms with Gasteiger partial charge in [0.2, 0.25) is 0 Å². The molecule has 2 aromatic rings. The van der Waals surface area contributed by atoms with Gasteiger partial charge in [-0.15, -0.1) is 0 Å². The minimum absolute atomic E-state index is 0.175. The molecule has 0 aromatic heterocycles. The summed E-state index contributed by atoms with van der Waals surface area (Å²) in [6.45, 7) is 2.29. The van der Waals surface area contributed by atoms with E-state index in [1.54, 1.807) is 18.2 Å². The predicted octanol–water partition coefficient (Wildman–Crippen LogP) is 7.73. The third kappa shape index (κ3) is 4.09.